The molecule has 0 fully saturated rings. The molecule has 32 heavy (non-hydrogen) atoms. The van der Waals surface area contributed by atoms with E-state index in [4.69, 9.17) is 9.47 Å². The molecule has 2 heterocycles. The quantitative estimate of drug-likeness (QED) is 0.514. The minimum absolute atomic E-state index is 0.146. The summed E-state index contributed by atoms with van der Waals surface area (Å²) in [5.41, 5.74) is 0.0662. The van der Waals surface area contributed by atoms with Gasteiger partial charge in [0, 0.05) is 23.9 Å². The number of esters is 2. The van der Waals surface area contributed by atoms with E-state index in [0.717, 1.165) is 13.3 Å². The van der Waals surface area contributed by atoms with E-state index in [1.807, 2.05) is 6.07 Å². The molecule has 2 aromatic heterocycles. The largest absolute Gasteiger partial charge is 0.506 e. The number of methoxy groups -OCH3 is 2. The molecular weight excluding hydrogens is 416 g/mol. The first-order valence-electron chi connectivity index (χ1n) is 9.67. The van der Waals surface area contributed by atoms with Gasteiger partial charge < -0.3 is 24.3 Å². The van der Waals surface area contributed by atoms with Crippen molar-refractivity contribution in [1.29, 1.82) is 0 Å². The molecule has 0 aliphatic rings. The number of H-pyrrole nitrogens is 1. The van der Waals surface area contributed by atoms with Crippen molar-refractivity contribution in [1.82, 2.24) is 9.97 Å². The number of hydrogen-bond donors (Lipinski definition) is 2. The number of rotatable bonds is 8. The molecule has 3 rings (SSSR count). The average Bonchev–Trinajstić information content (AvgIpc) is 2.82. The SMILES string of the molecule is COC(=O)CC(c1ccccc1OCc1ccccn1)c1c(O)c(C(=O)OC)c[nH]c1=O. The van der Waals surface area contributed by atoms with Gasteiger partial charge in [-0.15, -0.1) is 0 Å². The fourth-order valence-electron chi connectivity index (χ4n) is 3.28. The van der Waals surface area contributed by atoms with Crippen LogP contribution >= 0.6 is 0 Å². The average molecular weight is 438 g/mol. The smallest absolute Gasteiger partial charge is 0.343 e. The normalized spacial score (nSPS) is 11.4. The number of para-hydroxylation sites is 1. The number of pyridine rings is 2. The number of aromatic hydroxyl groups is 1. The molecule has 0 radical (unpaired) electrons. The Labute approximate surface area is 183 Å². The van der Waals surface area contributed by atoms with Gasteiger partial charge in [-0.1, -0.05) is 24.3 Å². The number of aromatic amines is 1. The molecule has 0 saturated heterocycles. The zero-order valence-electron chi connectivity index (χ0n) is 17.5. The van der Waals surface area contributed by atoms with Crippen LogP contribution in [0.4, 0.5) is 0 Å². The van der Waals surface area contributed by atoms with Crippen LogP contribution in [0.25, 0.3) is 0 Å². The molecule has 0 aliphatic heterocycles. The molecule has 9 nitrogen and oxygen atoms in total. The molecule has 0 spiro atoms. The van der Waals surface area contributed by atoms with Gasteiger partial charge in [0.05, 0.1) is 31.9 Å². The van der Waals surface area contributed by atoms with Crippen molar-refractivity contribution in [2.24, 2.45) is 0 Å². The van der Waals surface area contributed by atoms with E-state index in [9.17, 15) is 19.5 Å². The van der Waals surface area contributed by atoms with Crippen LogP contribution in [0, 0.1) is 0 Å². The molecule has 0 aliphatic carbocycles. The lowest BCUT2D eigenvalue weighted by molar-refractivity contribution is -0.140. The molecular formula is C23H22N2O7. The number of nitrogens with one attached hydrogen (secondary N) is 1. The van der Waals surface area contributed by atoms with Crippen LogP contribution in [0.3, 0.4) is 0 Å². The van der Waals surface area contributed by atoms with Gasteiger partial charge in [0.2, 0.25) is 0 Å². The highest BCUT2D eigenvalue weighted by Gasteiger charge is 2.30. The van der Waals surface area contributed by atoms with Gasteiger partial charge in [-0.25, -0.2) is 4.79 Å². The van der Waals surface area contributed by atoms with Crippen molar-refractivity contribution in [3.8, 4) is 11.5 Å². The maximum absolute atomic E-state index is 12.7. The molecule has 1 aromatic carbocycles. The second kappa shape index (κ2) is 10.3. The molecule has 9 heteroatoms. The molecule has 3 aromatic rings. The van der Waals surface area contributed by atoms with Crippen molar-refractivity contribution in [2.45, 2.75) is 18.9 Å². The summed E-state index contributed by atoms with van der Waals surface area (Å²) in [5, 5.41) is 10.8. The lowest BCUT2D eigenvalue weighted by atomic mass is 9.87. The summed E-state index contributed by atoms with van der Waals surface area (Å²) in [6.45, 7) is 0.146. The van der Waals surface area contributed by atoms with Gasteiger partial charge >= 0.3 is 11.9 Å². The van der Waals surface area contributed by atoms with Crippen LogP contribution in [-0.4, -0.2) is 41.2 Å². The minimum atomic E-state index is -0.962. The Bertz CT molecular complexity index is 1160. The number of benzene rings is 1. The number of ether oxygens (including phenoxy) is 3. The van der Waals surface area contributed by atoms with Crippen LogP contribution in [0.1, 0.15) is 39.5 Å². The van der Waals surface area contributed by atoms with Gasteiger partial charge in [-0.2, -0.15) is 0 Å². The summed E-state index contributed by atoms with van der Waals surface area (Å²) in [6, 6.07) is 12.2. The topological polar surface area (TPSA) is 128 Å². The van der Waals surface area contributed by atoms with Crippen molar-refractivity contribution in [3.05, 3.63) is 87.6 Å². The third-order valence-electron chi connectivity index (χ3n) is 4.85. The van der Waals surface area contributed by atoms with Gasteiger partial charge in [0.1, 0.15) is 23.7 Å². The lowest BCUT2D eigenvalue weighted by Gasteiger charge is -2.21. The van der Waals surface area contributed by atoms with E-state index >= 15 is 0 Å². The highest BCUT2D eigenvalue weighted by atomic mass is 16.5. The Morgan fingerprint density at radius 1 is 1.09 bits per heavy atom. The molecule has 0 saturated carbocycles. The molecule has 166 valence electrons. The van der Waals surface area contributed by atoms with Gasteiger partial charge in [0.15, 0.2) is 0 Å². The van der Waals surface area contributed by atoms with Gasteiger partial charge in [0.25, 0.3) is 5.56 Å². The highest BCUT2D eigenvalue weighted by Crippen LogP contribution is 2.38. The minimum Gasteiger partial charge on any atom is -0.506 e. The van der Waals surface area contributed by atoms with E-state index in [1.165, 1.54) is 7.11 Å². The van der Waals surface area contributed by atoms with Gasteiger partial charge in [-0.3, -0.25) is 14.6 Å². The summed E-state index contributed by atoms with van der Waals surface area (Å²) in [6.07, 6.45) is 2.42. The monoisotopic (exact) mass is 438 g/mol. The van der Waals surface area contributed by atoms with E-state index in [2.05, 4.69) is 14.7 Å². The van der Waals surface area contributed by atoms with Crippen molar-refractivity contribution in [2.75, 3.05) is 14.2 Å². The molecule has 0 bridgehead atoms. The summed E-state index contributed by atoms with van der Waals surface area (Å²) in [5.74, 6) is -2.60. The predicted octanol–water partition coefficient (Wildman–Crippen LogP) is 2.54. The van der Waals surface area contributed by atoms with E-state index in [-0.39, 0.29) is 24.2 Å². The van der Waals surface area contributed by atoms with Crippen molar-refractivity contribution >= 4 is 11.9 Å². The Hall–Kier alpha value is -4.14. The van der Waals surface area contributed by atoms with E-state index < -0.39 is 29.2 Å². The Kier molecular flexibility index (Phi) is 7.22. The first-order chi connectivity index (χ1) is 15.5. The van der Waals surface area contributed by atoms with E-state index in [1.54, 1.807) is 42.6 Å². The summed E-state index contributed by atoms with van der Waals surface area (Å²) in [7, 11) is 2.37. The molecule has 1 atom stereocenters. The Balaban J connectivity index is 2.09. The van der Waals surface area contributed by atoms with E-state index in [0.29, 0.717) is 17.0 Å². The van der Waals surface area contributed by atoms with Crippen LogP contribution < -0.4 is 10.3 Å². The number of carbonyl (C=O) groups excluding carboxylic acids is 2. The van der Waals surface area contributed by atoms with Crippen LogP contribution in [0.15, 0.2) is 59.7 Å². The zero-order chi connectivity index (χ0) is 23.1. The molecule has 0 amide bonds. The third kappa shape index (κ3) is 4.94. The fraction of sp³-hybridized carbons (Fsp3) is 0.217. The Morgan fingerprint density at radius 2 is 1.84 bits per heavy atom. The lowest BCUT2D eigenvalue weighted by Crippen LogP contribution is -2.22. The number of carbonyl (C=O) groups is 2. The first-order valence-corrected chi connectivity index (χ1v) is 9.67. The second-order valence-electron chi connectivity index (χ2n) is 6.77. The Morgan fingerprint density at radius 3 is 2.53 bits per heavy atom. The van der Waals surface area contributed by atoms with Crippen molar-refractivity contribution < 1.29 is 28.9 Å². The maximum Gasteiger partial charge on any atom is 0.343 e. The number of aromatic nitrogens is 2. The number of hydrogen-bond acceptors (Lipinski definition) is 8. The number of nitrogens with zero attached hydrogens (tertiary/aromatic N) is 1. The van der Waals surface area contributed by atoms with Gasteiger partial charge in [-0.05, 0) is 18.2 Å². The van der Waals surface area contributed by atoms with Crippen LogP contribution in [0.2, 0.25) is 0 Å². The summed E-state index contributed by atoms with van der Waals surface area (Å²) in [4.78, 5) is 43.6. The van der Waals surface area contributed by atoms with Crippen LogP contribution in [-0.2, 0) is 20.9 Å². The summed E-state index contributed by atoms with van der Waals surface area (Å²) >= 11 is 0. The molecule has 2 N–H and O–H groups in total. The summed E-state index contributed by atoms with van der Waals surface area (Å²) < 4.78 is 15.4. The maximum atomic E-state index is 12.7. The predicted molar refractivity (Wildman–Crippen MR) is 114 cm³/mol. The second-order valence-corrected chi connectivity index (χ2v) is 6.77. The fourth-order valence-corrected chi connectivity index (χ4v) is 3.28. The third-order valence-corrected chi connectivity index (χ3v) is 4.85. The molecule has 1 unspecified atom stereocenters. The first kappa shape index (κ1) is 22.5. The van der Waals surface area contributed by atoms with Crippen LogP contribution in [0.5, 0.6) is 11.5 Å². The highest BCUT2D eigenvalue weighted by molar-refractivity contribution is 5.92. The zero-order valence-corrected chi connectivity index (χ0v) is 17.5. The van der Waals surface area contributed by atoms with Crippen molar-refractivity contribution in [3.63, 3.8) is 0 Å². The standard InChI is InChI=1S/C23H22N2O7/c1-30-19(26)11-16(20-21(27)17(23(29)31-2)12-25-22(20)28)15-8-3-4-9-18(15)32-13-14-7-5-6-10-24-14/h3-10,12,16H,11,13H2,1-2H3,(H2,25,27,28).